The summed E-state index contributed by atoms with van der Waals surface area (Å²) in [6, 6.07) is 1.52. The van der Waals surface area contributed by atoms with E-state index >= 15 is 0 Å². The lowest BCUT2D eigenvalue weighted by molar-refractivity contribution is 0.0995. The van der Waals surface area contributed by atoms with E-state index < -0.39 is 5.91 Å². The number of primary amides is 1. The number of nitrogens with two attached hydrogens (primary N) is 1. The number of amides is 1. The Labute approximate surface area is 102 Å². The number of halogens is 1. The fraction of sp³-hybridized carbons (Fsp3) is 0.200. The number of hydrogen-bond donors (Lipinski definition) is 1. The first-order valence-corrected chi connectivity index (χ1v) is 5.23. The van der Waals surface area contributed by atoms with Gasteiger partial charge in [-0.15, -0.1) is 10.2 Å². The molecule has 2 aromatic rings. The number of hydrogen-bond acceptors (Lipinski definition) is 4. The molecule has 88 valence electrons. The maximum Gasteiger partial charge on any atom is 0.269 e. The van der Waals surface area contributed by atoms with Gasteiger partial charge in [0.05, 0.1) is 0 Å². The van der Waals surface area contributed by atoms with Gasteiger partial charge < -0.3 is 5.73 Å². The number of rotatable bonds is 2. The van der Waals surface area contributed by atoms with Crippen molar-refractivity contribution in [3.8, 4) is 5.82 Å². The van der Waals surface area contributed by atoms with E-state index in [2.05, 4.69) is 15.3 Å². The van der Waals surface area contributed by atoms with Crippen LogP contribution >= 0.6 is 11.6 Å². The second-order valence-corrected chi connectivity index (χ2v) is 3.93. The van der Waals surface area contributed by atoms with Crippen LogP contribution in [0.1, 0.15) is 21.6 Å². The zero-order valence-corrected chi connectivity index (χ0v) is 10.1. The molecule has 2 N–H and O–H groups in total. The van der Waals surface area contributed by atoms with Gasteiger partial charge in [0.15, 0.2) is 11.0 Å². The molecule has 0 aliphatic rings. The first-order chi connectivity index (χ1) is 8.00. The Morgan fingerprint density at radius 1 is 1.35 bits per heavy atom. The van der Waals surface area contributed by atoms with Crippen molar-refractivity contribution in [3.63, 3.8) is 0 Å². The number of aromatic nitrogens is 4. The highest BCUT2D eigenvalue weighted by Gasteiger charge is 2.12. The van der Waals surface area contributed by atoms with Crippen LogP contribution in [-0.2, 0) is 0 Å². The van der Waals surface area contributed by atoms with Crippen molar-refractivity contribution in [2.75, 3.05) is 0 Å². The number of carbonyl (C=O) groups excluding carboxylic acids is 1. The smallest absolute Gasteiger partial charge is 0.269 e. The van der Waals surface area contributed by atoms with E-state index in [9.17, 15) is 4.79 Å². The summed E-state index contributed by atoms with van der Waals surface area (Å²) >= 11 is 5.85. The lowest BCUT2D eigenvalue weighted by Crippen LogP contribution is -2.13. The minimum Gasteiger partial charge on any atom is -0.364 e. The highest BCUT2D eigenvalue weighted by Crippen LogP contribution is 2.19. The van der Waals surface area contributed by atoms with Gasteiger partial charge in [-0.05, 0) is 25.5 Å². The van der Waals surface area contributed by atoms with Gasteiger partial charge >= 0.3 is 0 Å². The molecule has 0 saturated carbocycles. The van der Waals surface area contributed by atoms with Gasteiger partial charge in [-0.1, -0.05) is 11.6 Å². The van der Waals surface area contributed by atoms with Crippen molar-refractivity contribution in [2.45, 2.75) is 13.8 Å². The summed E-state index contributed by atoms with van der Waals surface area (Å²) in [5.74, 6) is -0.0561. The normalized spacial score (nSPS) is 10.5. The van der Waals surface area contributed by atoms with Crippen LogP contribution in [0.3, 0.4) is 0 Å². The molecule has 0 aromatic carbocycles. The third-order valence-corrected chi connectivity index (χ3v) is 2.86. The summed E-state index contributed by atoms with van der Waals surface area (Å²) in [4.78, 5) is 10.9. The third kappa shape index (κ3) is 1.99. The van der Waals surface area contributed by atoms with E-state index in [1.807, 2.05) is 13.8 Å². The van der Waals surface area contributed by atoms with Crippen LogP contribution in [0.2, 0.25) is 5.15 Å². The molecule has 0 radical (unpaired) electrons. The monoisotopic (exact) mass is 251 g/mol. The van der Waals surface area contributed by atoms with E-state index in [-0.39, 0.29) is 5.69 Å². The molecule has 0 spiro atoms. The van der Waals surface area contributed by atoms with Gasteiger partial charge in [0, 0.05) is 11.8 Å². The zero-order valence-electron chi connectivity index (χ0n) is 9.31. The zero-order chi connectivity index (χ0) is 12.6. The fourth-order valence-electron chi connectivity index (χ4n) is 1.35. The fourth-order valence-corrected chi connectivity index (χ4v) is 1.53. The van der Waals surface area contributed by atoms with Gasteiger partial charge in [0.1, 0.15) is 5.69 Å². The Morgan fingerprint density at radius 2 is 2.06 bits per heavy atom. The SMILES string of the molecule is Cc1c(Cl)nnc(-n2ccc(C(N)=O)n2)c1C. The summed E-state index contributed by atoms with van der Waals surface area (Å²) < 4.78 is 1.45. The van der Waals surface area contributed by atoms with Gasteiger partial charge in [-0.25, -0.2) is 4.68 Å². The maximum absolute atomic E-state index is 10.9. The third-order valence-electron chi connectivity index (χ3n) is 2.50. The van der Waals surface area contributed by atoms with Crippen molar-refractivity contribution < 1.29 is 4.79 Å². The van der Waals surface area contributed by atoms with E-state index in [0.29, 0.717) is 11.0 Å². The maximum atomic E-state index is 10.9. The Morgan fingerprint density at radius 3 is 2.65 bits per heavy atom. The van der Waals surface area contributed by atoms with Gasteiger partial charge in [-0.2, -0.15) is 5.10 Å². The van der Waals surface area contributed by atoms with Crippen LogP contribution in [0.15, 0.2) is 12.3 Å². The molecule has 0 atom stereocenters. The molecule has 1 amide bonds. The Hall–Kier alpha value is -1.95. The molecule has 0 saturated heterocycles. The minimum absolute atomic E-state index is 0.179. The van der Waals surface area contributed by atoms with Gasteiger partial charge in [0.25, 0.3) is 5.91 Å². The molecule has 0 aliphatic heterocycles. The van der Waals surface area contributed by atoms with E-state index in [4.69, 9.17) is 17.3 Å². The summed E-state index contributed by atoms with van der Waals surface area (Å²) in [5, 5.41) is 12.1. The Bertz CT molecular complexity index is 592. The van der Waals surface area contributed by atoms with Crippen LogP contribution in [0, 0.1) is 13.8 Å². The molecule has 17 heavy (non-hydrogen) atoms. The second kappa shape index (κ2) is 4.14. The van der Waals surface area contributed by atoms with Crippen molar-refractivity contribution in [3.05, 3.63) is 34.2 Å². The van der Waals surface area contributed by atoms with Crippen molar-refractivity contribution in [2.24, 2.45) is 5.73 Å². The summed E-state index contributed by atoms with van der Waals surface area (Å²) in [7, 11) is 0. The summed E-state index contributed by atoms with van der Waals surface area (Å²) in [5.41, 5.74) is 6.98. The molecule has 0 fully saturated rings. The molecule has 2 aromatic heterocycles. The van der Waals surface area contributed by atoms with Crippen LogP contribution in [0.5, 0.6) is 0 Å². The van der Waals surface area contributed by atoms with Crippen LogP contribution in [0.4, 0.5) is 0 Å². The molecule has 2 rings (SSSR count). The molecular weight excluding hydrogens is 242 g/mol. The van der Waals surface area contributed by atoms with Crippen LogP contribution in [0.25, 0.3) is 5.82 Å². The Kier molecular flexibility index (Phi) is 2.81. The number of nitrogens with zero attached hydrogens (tertiary/aromatic N) is 4. The van der Waals surface area contributed by atoms with Crippen LogP contribution in [-0.4, -0.2) is 25.9 Å². The van der Waals surface area contributed by atoms with Crippen molar-refractivity contribution in [1.82, 2.24) is 20.0 Å². The Balaban J connectivity index is 2.53. The average Bonchev–Trinajstić information content (AvgIpc) is 2.75. The minimum atomic E-state index is -0.583. The highest BCUT2D eigenvalue weighted by molar-refractivity contribution is 6.30. The molecular formula is C10H10ClN5O. The lowest BCUT2D eigenvalue weighted by atomic mass is 10.2. The van der Waals surface area contributed by atoms with E-state index in [1.165, 1.54) is 10.7 Å². The quantitative estimate of drug-likeness (QED) is 0.864. The molecule has 6 nitrogen and oxygen atoms in total. The first-order valence-electron chi connectivity index (χ1n) is 4.86. The standard InChI is InChI=1S/C10H10ClN5O/c1-5-6(2)10(14-13-8(5)11)16-4-3-7(15-16)9(12)17/h3-4H,1-2H3,(H2,12,17). The van der Waals surface area contributed by atoms with Crippen molar-refractivity contribution in [1.29, 1.82) is 0 Å². The lowest BCUT2D eigenvalue weighted by Gasteiger charge is -2.07. The average molecular weight is 252 g/mol. The first kappa shape index (κ1) is 11.5. The van der Waals surface area contributed by atoms with E-state index in [1.54, 1.807) is 6.20 Å². The molecule has 0 unspecified atom stereocenters. The summed E-state index contributed by atoms with van der Waals surface area (Å²) in [6.07, 6.45) is 1.60. The van der Waals surface area contributed by atoms with Gasteiger partial charge in [-0.3, -0.25) is 4.79 Å². The van der Waals surface area contributed by atoms with Crippen LogP contribution < -0.4 is 5.73 Å². The predicted octanol–water partition coefficient (Wildman–Crippen LogP) is 1.03. The molecule has 0 aliphatic carbocycles. The molecule has 0 bridgehead atoms. The summed E-state index contributed by atoms with van der Waals surface area (Å²) in [6.45, 7) is 3.70. The van der Waals surface area contributed by atoms with E-state index in [0.717, 1.165) is 11.1 Å². The topological polar surface area (TPSA) is 86.7 Å². The molecule has 7 heteroatoms. The van der Waals surface area contributed by atoms with Gasteiger partial charge in [0.2, 0.25) is 0 Å². The molecule has 2 heterocycles. The predicted molar refractivity (Wildman–Crippen MR) is 62.2 cm³/mol. The second-order valence-electron chi connectivity index (χ2n) is 3.57. The largest absolute Gasteiger partial charge is 0.364 e. The highest BCUT2D eigenvalue weighted by atomic mass is 35.5. The number of carbonyl (C=O) groups is 1. The van der Waals surface area contributed by atoms with Crippen molar-refractivity contribution >= 4 is 17.5 Å².